The summed E-state index contributed by atoms with van der Waals surface area (Å²) in [6, 6.07) is 4.78. The fourth-order valence-electron chi connectivity index (χ4n) is 1.55. The summed E-state index contributed by atoms with van der Waals surface area (Å²) >= 11 is 0. The first kappa shape index (κ1) is 17.7. The molecule has 21 heavy (non-hydrogen) atoms. The summed E-state index contributed by atoms with van der Waals surface area (Å²) in [6.07, 6.45) is 0.208. The highest BCUT2D eigenvalue weighted by atomic mass is 32.2. The van der Waals surface area contributed by atoms with E-state index in [4.69, 9.17) is 9.84 Å². The first-order valence-corrected chi connectivity index (χ1v) is 8.12. The van der Waals surface area contributed by atoms with E-state index in [1.807, 2.05) is 0 Å². The van der Waals surface area contributed by atoms with E-state index in [0.717, 1.165) is 11.1 Å². The molecule has 1 aromatic carbocycles. The minimum absolute atomic E-state index is 0.0140. The van der Waals surface area contributed by atoms with Crippen molar-refractivity contribution >= 4 is 10.0 Å². The van der Waals surface area contributed by atoms with Crippen LogP contribution in [0, 0.1) is 18.8 Å². The standard InChI is InChI=1S/C15H21NO4S/c1-12-10-15(8-7-14(12)6-4-5-9-17)21(18,19)16-11-13(2)20-3/h7-8,10,13,16-17H,5,9,11H2,1-3H3. The van der Waals surface area contributed by atoms with Gasteiger partial charge in [0.2, 0.25) is 10.0 Å². The van der Waals surface area contributed by atoms with E-state index in [9.17, 15) is 8.42 Å². The lowest BCUT2D eigenvalue weighted by atomic mass is 10.1. The van der Waals surface area contributed by atoms with E-state index < -0.39 is 10.0 Å². The minimum atomic E-state index is -3.55. The van der Waals surface area contributed by atoms with Crippen molar-refractivity contribution in [2.45, 2.75) is 31.3 Å². The van der Waals surface area contributed by atoms with Crippen LogP contribution in [0.5, 0.6) is 0 Å². The molecule has 0 saturated heterocycles. The van der Waals surface area contributed by atoms with Crippen LogP contribution in [-0.4, -0.2) is 39.9 Å². The molecular formula is C15H21NO4S. The molecule has 0 heterocycles. The summed E-state index contributed by atoms with van der Waals surface area (Å²) < 4.78 is 31.8. The number of hydrogen-bond acceptors (Lipinski definition) is 4. The van der Waals surface area contributed by atoms with Gasteiger partial charge in [-0.15, -0.1) is 0 Å². The number of nitrogens with one attached hydrogen (secondary N) is 1. The van der Waals surface area contributed by atoms with Gasteiger partial charge in [0.15, 0.2) is 0 Å². The second kappa shape index (κ2) is 8.15. The van der Waals surface area contributed by atoms with Gasteiger partial charge >= 0.3 is 0 Å². The highest BCUT2D eigenvalue weighted by molar-refractivity contribution is 7.89. The van der Waals surface area contributed by atoms with Crippen molar-refractivity contribution in [2.24, 2.45) is 0 Å². The Bertz CT molecular complexity index is 629. The van der Waals surface area contributed by atoms with Gasteiger partial charge in [0, 0.05) is 25.6 Å². The molecule has 2 N–H and O–H groups in total. The molecule has 1 unspecified atom stereocenters. The zero-order valence-corrected chi connectivity index (χ0v) is 13.3. The van der Waals surface area contributed by atoms with Crippen LogP contribution < -0.4 is 4.72 Å². The van der Waals surface area contributed by atoms with Gasteiger partial charge in [0.25, 0.3) is 0 Å². The summed E-state index contributed by atoms with van der Waals surface area (Å²) in [7, 11) is -2.02. The van der Waals surface area contributed by atoms with Crippen molar-refractivity contribution < 1.29 is 18.3 Å². The van der Waals surface area contributed by atoms with Crippen LogP contribution in [0.25, 0.3) is 0 Å². The van der Waals surface area contributed by atoms with Gasteiger partial charge in [0.1, 0.15) is 0 Å². The van der Waals surface area contributed by atoms with Crippen LogP contribution in [0.2, 0.25) is 0 Å². The Morgan fingerprint density at radius 3 is 2.71 bits per heavy atom. The molecule has 116 valence electrons. The highest BCUT2D eigenvalue weighted by Gasteiger charge is 2.15. The summed E-state index contributed by atoms with van der Waals surface area (Å²) in [6.45, 7) is 3.82. The zero-order chi connectivity index (χ0) is 15.9. The van der Waals surface area contributed by atoms with Gasteiger partial charge in [-0.05, 0) is 37.6 Å². The predicted molar refractivity (Wildman–Crippen MR) is 81.4 cm³/mol. The number of hydrogen-bond donors (Lipinski definition) is 2. The van der Waals surface area contributed by atoms with Crippen LogP contribution in [0.4, 0.5) is 0 Å². The molecule has 0 aliphatic heterocycles. The monoisotopic (exact) mass is 311 g/mol. The third-order valence-corrected chi connectivity index (χ3v) is 4.35. The van der Waals surface area contributed by atoms with E-state index in [1.165, 1.54) is 13.2 Å². The topological polar surface area (TPSA) is 75.6 Å². The Morgan fingerprint density at radius 1 is 1.43 bits per heavy atom. The summed E-state index contributed by atoms with van der Waals surface area (Å²) in [4.78, 5) is 0.205. The lowest BCUT2D eigenvalue weighted by Crippen LogP contribution is -2.31. The number of rotatable bonds is 6. The van der Waals surface area contributed by atoms with Crippen LogP contribution in [-0.2, 0) is 14.8 Å². The number of benzene rings is 1. The molecule has 0 spiro atoms. The number of aryl methyl sites for hydroxylation is 1. The summed E-state index contributed by atoms with van der Waals surface area (Å²) in [5, 5.41) is 8.69. The molecule has 1 rings (SSSR count). The Balaban J connectivity index is 2.90. The van der Waals surface area contributed by atoms with Gasteiger partial charge in [0.05, 0.1) is 17.6 Å². The van der Waals surface area contributed by atoms with E-state index in [0.29, 0.717) is 6.42 Å². The number of methoxy groups -OCH3 is 1. The van der Waals surface area contributed by atoms with Crippen LogP contribution in [0.15, 0.2) is 23.1 Å². The lowest BCUT2D eigenvalue weighted by molar-refractivity contribution is 0.122. The molecule has 0 saturated carbocycles. The molecule has 1 aromatic rings. The van der Waals surface area contributed by atoms with E-state index in [-0.39, 0.29) is 24.2 Å². The Hall–Kier alpha value is -1.39. The first-order chi connectivity index (χ1) is 9.90. The van der Waals surface area contributed by atoms with Crippen LogP contribution in [0.1, 0.15) is 24.5 Å². The largest absolute Gasteiger partial charge is 0.395 e. The second-order valence-electron chi connectivity index (χ2n) is 4.65. The molecule has 6 heteroatoms. The number of aliphatic hydroxyl groups excluding tert-OH is 1. The van der Waals surface area contributed by atoms with Gasteiger partial charge in [-0.2, -0.15) is 0 Å². The molecule has 0 aliphatic carbocycles. The Kier molecular flexibility index (Phi) is 6.85. The average Bonchev–Trinajstić information content (AvgIpc) is 2.46. The smallest absolute Gasteiger partial charge is 0.240 e. The van der Waals surface area contributed by atoms with Gasteiger partial charge in [-0.1, -0.05) is 11.8 Å². The van der Waals surface area contributed by atoms with Crippen LogP contribution in [0.3, 0.4) is 0 Å². The summed E-state index contributed by atoms with van der Waals surface area (Å²) in [5.74, 6) is 5.72. The SMILES string of the molecule is COC(C)CNS(=O)(=O)c1ccc(C#CCCO)c(C)c1. The average molecular weight is 311 g/mol. The van der Waals surface area contributed by atoms with Crippen LogP contribution >= 0.6 is 0 Å². The van der Waals surface area contributed by atoms with Gasteiger partial charge in [-0.3, -0.25) is 0 Å². The molecule has 0 aliphatic rings. The zero-order valence-electron chi connectivity index (χ0n) is 12.5. The number of sulfonamides is 1. The van der Waals surface area contributed by atoms with Crippen molar-refractivity contribution in [1.29, 1.82) is 0 Å². The Morgan fingerprint density at radius 2 is 2.14 bits per heavy atom. The highest BCUT2D eigenvalue weighted by Crippen LogP contribution is 2.15. The van der Waals surface area contributed by atoms with E-state index in [2.05, 4.69) is 16.6 Å². The molecule has 1 atom stereocenters. The molecule has 0 radical (unpaired) electrons. The third kappa shape index (κ3) is 5.48. The van der Waals surface area contributed by atoms with Crippen molar-refractivity contribution in [3.8, 4) is 11.8 Å². The van der Waals surface area contributed by atoms with E-state index in [1.54, 1.807) is 26.0 Å². The maximum atomic E-state index is 12.1. The second-order valence-corrected chi connectivity index (χ2v) is 6.42. The molecule has 0 fully saturated rings. The first-order valence-electron chi connectivity index (χ1n) is 6.63. The normalized spacial score (nSPS) is 12.6. The molecule has 0 amide bonds. The van der Waals surface area contributed by atoms with E-state index >= 15 is 0 Å². The van der Waals surface area contributed by atoms with Crippen molar-refractivity contribution in [1.82, 2.24) is 4.72 Å². The molecular weight excluding hydrogens is 290 g/mol. The molecule has 0 aromatic heterocycles. The quantitative estimate of drug-likeness (QED) is 0.770. The lowest BCUT2D eigenvalue weighted by Gasteiger charge is -2.12. The number of ether oxygens (including phenoxy) is 1. The van der Waals surface area contributed by atoms with Gasteiger partial charge < -0.3 is 9.84 Å². The fourth-order valence-corrected chi connectivity index (χ4v) is 2.75. The maximum absolute atomic E-state index is 12.1. The molecule has 5 nitrogen and oxygen atoms in total. The summed E-state index contributed by atoms with van der Waals surface area (Å²) in [5.41, 5.74) is 1.54. The van der Waals surface area contributed by atoms with Gasteiger partial charge in [-0.25, -0.2) is 13.1 Å². The van der Waals surface area contributed by atoms with Crippen molar-refractivity contribution in [2.75, 3.05) is 20.3 Å². The van der Waals surface area contributed by atoms with Crippen molar-refractivity contribution in [3.05, 3.63) is 29.3 Å². The third-order valence-electron chi connectivity index (χ3n) is 2.93. The Labute approximate surface area is 126 Å². The minimum Gasteiger partial charge on any atom is -0.395 e. The molecule has 0 bridgehead atoms. The fraction of sp³-hybridized carbons (Fsp3) is 0.467. The maximum Gasteiger partial charge on any atom is 0.240 e. The number of aliphatic hydroxyl groups is 1. The van der Waals surface area contributed by atoms with Crippen molar-refractivity contribution in [3.63, 3.8) is 0 Å². The predicted octanol–water partition coefficient (Wildman–Crippen LogP) is 1.04.